The van der Waals surface area contributed by atoms with Crippen LogP contribution in [0.3, 0.4) is 0 Å². The molecule has 0 aromatic rings. The Morgan fingerprint density at radius 3 is 2.72 bits per heavy atom. The Morgan fingerprint density at radius 1 is 1.50 bits per heavy atom. The molecule has 0 saturated carbocycles. The van der Waals surface area contributed by atoms with Crippen molar-refractivity contribution in [2.24, 2.45) is 0 Å². The fourth-order valence-corrected chi connectivity index (χ4v) is 1.77. The van der Waals surface area contributed by atoms with E-state index in [1.54, 1.807) is 20.8 Å². The minimum absolute atomic E-state index is 0.0661. The molecule has 102 valence electrons. The molecule has 1 heterocycles. The lowest BCUT2D eigenvalue weighted by Gasteiger charge is -2.23. The third-order valence-corrected chi connectivity index (χ3v) is 2.46. The summed E-state index contributed by atoms with van der Waals surface area (Å²) in [4.78, 5) is 23.4. The summed E-state index contributed by atoms with van der Waals surface area (Å²) in [5, 5.41) is 2.68. The zero-order valence-electron chi connectivity index (χ0n) is 11.2. The fourth-order valence-electron chi connectivity index (χ4n) is 1.77. The van der Waals surface area contributed by atoms with Crippen LogP contribution in [0.5, 0.6) is 0 Å². The van der Waals surface area contributed by atoms with Gasteiger partial charge in [0.1, 0.15) is 11.7 Å². The predicted octanol–water partition coefficient (Wildman–Crippen LogP) is 1.81. The zero-order chi connectivity index (χ0) is 13.8. The lowest BCUT2D eigenvalue weighted by Crippen LogP contribution is -2.45. The molecule has 0 radical (unpaired) electrons. The van der Waals surface area contributed by atoms with E-state index < -0.39 is 17.8 Å². The van der Waals surface area contributed by atoms with Crippen LogP contribution in [0.2, 0.25) is 0 Å². The van der Waals surface area contributed by atoms with Gasteiger partial charge in [-0.1, -0.05) is 6.08 Å². The molecule has 0 aromatic heterocycles. The maximum atomic E-state index is 11.7. The standard InChI is InChI=1S/C13H21NO4/c1-5-6-10(15)11-9(7-8-17-11)14-12(16)18-13(2,3)4/h5,9,11H,1,6-8H2,2-4H3,(H,14,16). The van der Waals surface area contributed by atoms with E-state index in [4.69, 9.17) is 9.47 Å². The van der Waals surface area contributed by atoms with Gasteiger partial charge in [-0.2, -0.15) is 0 Å². The number of carbonyl (C=O) groups excluding carboxylic acids is 2. The van der Waals surface area contributed by atoms with Gasteiger partial charge in [0.2, 0.25) is 0 Å². The van der Waals surface area contributed by atoms with Gasteiger partial charge in [0.25, 0.3) is 0 Å². The van der Waals surface area contributed by atoms with Gasteiger partial charge >= 0.3 is 6.09 Å². The number of hydrogen-bond acceptors (Lipinski definition) is 4. The van der Waals surface area contributed by atoms with Crippen LogP contribution >= 0.6 is 0 Å². The minimum Gasteiger partial charge on any atom is -0.444 e. The molecule has 0 bridgehead atoms. The summed E-state index contributed by atoms with van der Waals surface area (Å²) in [6.07, 6.45) is 1.29. The van der Waals surface area contributed by atoms with Crippen molar-refractivity contribution < 1.29 is 19.1 Å². The average molecular weight is 255 g/mol. The maximum absolute atomic E-state index is 11.7. The highest BCUT2D eigenvalue weighted by atomic mass is 16.6. The van der Waals surface area contributed by atoms with Crippen LogP contribution in [0.4, 0.5) is 4.79 Å². The third kappa shape index (κ3) is 4.49. The molecular formula is C13H21NO4. The van der Waals surface area contributed by atoms with Gasteiger partial charge in [-0.3, -0.25) is 4.79 Å². The second kappa shape index (κ2) is 6.00. The second-order valence-electron chi connectivity index (χ2n) is 5.29. The Labute approximate surface area is 108 Å². The van der Waals surface area contributed by atoms with Crippen LogP contribution in [-0.2, 0) is 14.3 Å². The topological polar surface area (TPSA) is 64.6 Å². The number of alkyl carbamates (subject to hydrolysis) is 1. The first kappa shape index (κ1) is 14.7. The van der Waals surface area contributed by atoms with Crippen molar-refractivity contribution >= 4 is 11.9 Å². The Kier molecular flexibility index (Phi) is 4.90. The Hall–Kier alpha value is -1.36. The van der Waals surface area contributed by atoms with E-state index in [9.17, 15) is 9.59 Å². The quantitative estimate of drug-likeness (QED) is 0.778. The van der Waals surface area contributed by atoms with E-state index in [2.05, 4.69) is 11.9 Å². The molecule has 5 nitrogen and oxygen atoms in total. The molecule has 1 amide bonds. The number of allylic oxidation sites excluding steroid dienone is 1. The molecule has 5 heteroatoms. The summed E-state index contributed by atoms with van der Waals surface area (Å²) in [7, 11) is 0. The van der Waals surface area contributed by atoms with Gasteiger partial charge in [-0.15, -0.1) is 6.58 Å². The van der Waals surface area contributed by atoms with Crippen molar-refractivity contribution in [2.45, 2.75) is 51.4 Å². The number of amides is 1. The largest absolute Gasteiger partial charge is 0.444 e. The highest BCUT2D eigenvalue weighted by Crippen LogP contribution is 2.17. The highest BCUT2D eigenvalue weighted by Gasteiger charge is 2.35. The monoisotopic (exact) mass is 255 g/mol. The van der Waals surface area contributed by atoms with Crippen LogP contribution < -0.4 is 5.32 Å². The number of carbonyl (C=O) groups is 2. The van der Waals surface area contributed by atoms with Crippen LogP contribution in [0.1, 0.15) is 33.6 Å². The summed E-state index contributed by atoms with van der Waals surface area (Å²) >= 11 is 0. The lowest BCUT2D eigenvalue weighted by atomic mass is 10.0. The molecule has 1 aliphatic rings. The SMILES string of the molecule is C=CCC(=O)C1OCCC1NC(=O)OC(C)(C)C. The minimum atomic E-state index is -0.587. The average Bonchev–Trinajstić information content (AvgIpc) is 2.62. The normalized spacial score (nSPS) is 23.5. The van der Waals surface area contributed by atoms with E-state index in [1.807, 2.05) is 0 Å². The molecule has 0 aromatic carbocycles. The van der Waals surface area contributed by atoms with Gasteiger partial charge in [0.15, 0.2) is 5.78 Å². The van der Waals surface area contributed by atoms with Crippen molar-refractivity contribution in [1.82, 2.24) is 5.32 Å². The van der Waals surface area contributed by atoms with Crippen molar-refractivity contribution in [1.29, 1.82) is 0 Å². The van der Waals surface area contributed by atoms with Crippen molar-refractivity contribution in [3.05, 3.63) is 12.7 Å². The number of hydrogen-bond donors (Lipinski definition) is 1. The maximum Gasteiger partial charge on any atom is 0.407 e. The van der Waals surface area contributed by atoms with Gasteiger partial charge in [0.05, 0.1) is 6.04 Å². The number of Topliss-reactive ketones (excluding diaryl/α,β-unsaturated/α-hetero) is 1. The van der Waals surface area contributed by atoms with Crippen LogP contribution in [-0.4, -0.2) is 36.2 Å². The molecule has 1 N–H and O–H groups in total. The first-order chi connectivity index (χ1) is 8.33. The number of nitrogens with one attached hydrogen (secondary N) is 1. The molecule has 0 aliphatic carbocycles. The van der Waals surface area contributed by atoms with E-state index in [1.165, 1.54) is 6.08 Å². The van der Waals surface area contributed by atoms with Gasteiger partial charge in [-0.05, 0) is 27.2 Å². The summed E-state index contributed by atoms with van der Waals surface area (Å²) in [6.45, 7) is 9.35. The Balaban J connectivity index is 2.52. The van der Waals surface area contributed by atoms with Gasteiger partial charge in [0, 0.05) is 13.0 Å². The van der Waals surface area contributed by atoms with Crippen molar-refractivity contribution in [3.8, 4) is 0 Å². The molecule has 1 saturated heterocycles. The van der Waals surface area contributed by atoms with Crippen molar-refractivity contribution in [3.63, 3.8) is 0 Å². The number of rotatable bonds is 4. The molecule has 2 atom stereocenters. The van der Waals surface area contributed by atoms with E-state index in [-0.39, 0.29) is 18.2 Å². The second-order valence-corrected chi connectivity index (χ2v) is 5.29. The fraction of sp³-hybridized carbons (Fsp3) is 0.692. The summed E-state index contributed by atoms with van der Waals surface area (Å²) < 4.78 is 10.5. The highest BCUT2D eigenvalue weighted by molar-refractivity contribution is 5.86. The van der Waals surface area contributed by atoms with Crippen LogP contribution in [0, 0.1) is 0 Å². The van der Waals surface area contributed by atoms with Gasteiger partial charge < -0.3 is 14.8 Å². The zero-order valence-corrected chi connectivity index (χ0v) is 11.2. The summed E-state index contributed by atoms with van der Waals surface area (Å²) in [5.41, 5.74) is -0.551. The molecule has 1 rings (SSSR count). The summed E-state index contributed by atoms with van der Waals surface area (Å²) in [5.74, 6) is -0.0661. The van der Waals surface area contributed by atoms with E-state index in [0.717, 1.165) is 0 Å². The van der Waals surface area contributed by atoms with E-state index >= 15 is 0 Å². The van der Waals surface area contributed by atoms with Crippen LogP contribution in [0.15, 0.2) is 12.7 Å². The first-order valence-corrected chi connectivity index (χ1v) is 6.08. The lowest BCUT2D eigenvalue weighted by molar-refractivity contribution is -0.127. The Morgan fingerprint density at radius 2 is 2.17 bits per heavy atom. The Bertz CT molecular complexity index is 332. The van der Waals surface area contributed by atoms with Crippen LogP contribution in [0.25, 0.3) is 0 Å². The molecular weight excluding hydrogens is 234 g/mol. The smallest absolute Gasteiger partial charge is 0.407 e. The molecule has 2 unspecified atom stereocenters. The molecule has 18 heavy (non-hydrogen) atoms. The number of ether oxygens (including phenoxy) is 2. The third-order valence-electron chi connectivity index (χ3n) is 2.46. The predicted molar refractivity (Wildman–Crippen MR) is 67.3 cm³/mol. The molecule has 0 spiro atoms. The summed E-state index contributed by atoms with van der Waals surface area (Å²) in [6, 6.07) is -0.313. The molecule has 1 fully saturated rings. The first-order valence-electron chi connectivity index (χ1n) is 6.08. The number of ketones is 1. The molecule has 1 aliphatic heterocycles. The van der Waals surface area contributed by atoms with Crippen molar-refractivity contribution in [2.75, 3.05) is 6.61 Å². The van der Waals surface area contributed by atoms with Gasteiger partial charge in [-0.25, -0.2) is 4.79 Å². The van der Waals surface area contributed by atoms with E-state index in [0.29, 0.717) is 13.0 Å².